The Morgan fingerprint density at radius 3 is 2.73 bits per heavy atom. The number of benzene rings is 1. The molecular weight excluding hydrogens is 193 g/mol. The minimum Gasteiger partial charge on any atom is -0.485 e. The van der Waals surface area contributed by atoms with Crippen molar-refractivity contribution in [2.75, 3.05) is 12.4 Å². The van der Waals surface area contributed by atoms with Crippen LogP contribution in [0.4, 0.5) is 10.1 Å². The Morgan fingerprint density at radius 2 is 2.07 bits per heavy atom. The van der Waals surface area contributed by atoms with Crippen molar-refractivity contribution >= 4 is 5.69 Å². The third-order valence-corrected chi connectivity index (χ3v) is 2.82. The maximum atomic E-state index is 13.5. The number of rotatable bonds is 3. The summed E-state index contributed by atoms with van der Waals surface area (Å²) in [4.78, 5) is 0. The van der Waals surface area contributed by atoms with Gasteiger partial charge in [0.15, 0.2) is 11.6 Å². The molecule has 82 valence electrons. The second kappa shape index (κ2) is 4.51. The lowest BCUT2D eigenvalue weighted by Crippen LogP contribution is -2.13. The molecule has 0 amide bonds. The zero-order valence-corrected chi connectivity index (χ0v) is 8.92. The van der Waals surface area contributed by atoms with Gasteiger partial charge in [0.05, 0.1) is 11.8 Å². The van der Waals surface area contributed by atoms with Crippen LogP contribution in [-0.2, 0) is 0 Å². The molecule has 0 bridgehead atoms. The molecule has 1 aliphatic carbocycles. The van der Waals surface area contributed by atoms with Crippen molar-refractivity contribution in [2.45, 2.75) is 31.8 Å². The van der Waals surface area contributed by atoms with E-state index in [-0.39, 0.29) is 11.9 Å². The van der Waals surface area contributed by atoms with Gasteiger partial charge in [0.25, 0.3) is 0 Å². The Kier molecular flexibility index (Phi) is 3.09. The highest BCUT2D eigenvalue weighted by Gasteiger charge is 2.19. The Balaban J connectivity index is 2.17. The number of hydrogen-bond acceptors (Lipinski definition) is 2. The van der Waals surface area contributed by atoms with E-state index in [0.717, 1.165) is 18.5 Å². The summed E-state index contributed by atoms with van der Waals surface area (Å²) in [6, 6.07) is 4.95. The molecule has 15 heavy (non-hydrogen) atoms. The number of halogens is 1. The van der Waals surface area contributed by atoms with Crippen LogP contribution in [0.2, 0.25) is 0 Å². The fraction of sp³-hybridized carbons (Fsp3) is 0.500. The molecule has 0 radical (unpaired) electrons. The fourth-order valence-electron chi connectivity index (χ4n) is 2.00. The standard InChI is InChI=1S/C12H16FNO/c1-14-11-8-4-7-10(13)12(11)15-9-5-2-3-6-9/h4,7-9,14H,2-3,5-6H2,1H3. The van der Waals surface area contributed by atoms with Crippen molar-refractivity contribution in [1.29, 1.82) is 0 Å². The highest BCUT2D eigenvalue weighted by molar-refractivity contribution is 5.56. The summed E-state index contributed by atoms with van der Waals surface area (Å²) in [6.45, 7) is 0. The molecule has 1 fully saturated rings. The van der Waals surface area contributed by atoms with Crippen LogP contribution >= 0.6 is 0 Å². The molecule has 1 N–H and O–H groups in total. The van der Waals surface area contributed by atoms with E-state index in [9.17, 15) is 4.39 Å². The van der Waals surface area contributed by atoms with Crippen molar-refractivity contribution in [3.63, 3.8) is 0 Å². The van der Waals surface area contributed by atoms with E-state index in [1.807, 2.05) is 6.07 Å². The lowest BCUT2D eigenvalue weighted by atomic mass is 10.2. The molecule has 0 atom stereocenters. The zero-order valence-electron chi connectivity index (χ0n) is 8.92. The Morgan fingerprint density at radius 1 is 1.33 bits per heavy atom. The van der Waals surface area contributed by atoms with Gasteiger partial charge in [-0.05, 0) is 37.8 Å². The van der Waals surface area contributed by atoms with Gasteiger partial charge in [-0.15, -0.1) is 0 Å². The van der Waals surface area contributed by atoms with Crippen LogP contribution in [0, 0.1) is 5.82 Å². The number of anilines is 1. The summed E-state index contributed by atoms with van der Waals surface area (Å²) in [6.07, 6.45) is 4.64. The summed E-state index contributed by atoms with van der Waals surface area (Å²) < 4.78 is 19.2. The number of hydrogen-bond donors (Lipinski definition) is 1. The largest absolute Gasteiger partial charge is 0.485 e. The summed E-state index contributed by atoms with van der Waals surface area (Å²) in [5, 5.41) is 2.95. The third kappa shape index (κ3) is 2.22. The molecule has 0 saturated heterocycles. The summed E-state index contributed by atoms with van der Waals surface area (Å²) in [7, 11) is 1.77. The third-order valence-electron chi connectivity index (χ3n) is 2.82. The molecule has 0 spiro atoms. The van der Waals surface area contributed by atoms with Crippen molar-refractivity contribution in [3.8, 4) is 5.75 Å². The molecule has 2 rings (SSSR count). The first-order valence-electron chi connectivity index (χ1n) is 5.44. The molecule has 1 aromatic carbocycles. The van der Waals surface area contributed by atoms with E-state index < -0.39 is 0 Å². The van der Waals surface area contributed by atoms with Gasteiger partial charge in [-0.1, -0.05) is 6.07 Å². The first-order valence-corrected chi connectivity index (χ1v) is 5.44. The number of para-hydroxylation sites is 1. The Labute approximate surface area is 89.4 Å². The Hall–Kier alpha value is -1.25. The van der Waals surface area contributed by atoms with Crippen molar-refractivity contribution < 1.29 is 9.13 Å². The minimum absolute atomic E-state index is 0.189. The summed E-state index contributed by atoms with van der Waals surface area (Å²) in [5.41, 5.74) is 0.724. The van der Waals surface area contributed by atoms with Crippen LogP contribution in [0.5, 0.6) is 5.75 Å². The number of nitrogens with one attached hydrogen (secondary N) is 1. The zero-order chi connectivity index (χ0) is 10.7. The SMILES string of the molecule is CNc1cccc(F)c1OC1CCCC1. The maximum absolute atomic E-state index is 13.5. The van der Waals surface area contributed by atoms with E-state index >= 15 is 0 Å². The van der Waals surface area contributed by atoms with Gasteiger partial charge in [-0.2, -0.15) is 0 Å². The molecule has 3 heteroatoms. The monoisotopic (exact) mass is 209 g/mol. The van der Waals surface area contributed by atoms with E-state index in [4.69, 9.17) is 4.74 Å². The van der Waals surface area contributed by atoms with Crippen LogP contribution < -0.4 is 10.1 Å². The van der Waals surface area contributed by atoms with E-state index in [1.165, 1.54) is 18.9 Å². The quantitative estimate of drug-likeness (QED) is 0.825. The van der Waals surface area contributed by atoms with Crippen molar-refractivity contribution in [3.05, 3.63) is 24.0 Å². The molecule has 1 saturated carbocycles. The van der Waals surface area contributed by atoms with Crippen LogP contribution in [0.1, 0.15) is 25.7 Å². The second-order valence-corrected chi connectivity index (χ2v) is 3.89. The first-order chi connectivity index (χ1) is 7.31. The summed E-state index contributed by atoms with van der Waals surface area (Å²) in [5.74, 6) is 0.0839. The average Bonchev–Trinajstić information content (AvgIpc) is 2.74. The van der Waals surface area contributed by atoms with Crippen LogP contribution in [-0.4, -0.2) is 13.2 Å². The molecule has 1 aromatic rings. The van der Waals surface area contributed by atoms with Gasteiger partial charge in [-0.3, -0.25) is 0 Å². The van der Waals surface area contributed by atoms with Crippen LogP contribution in [0.3, 0.4) is 0 Å². The smallest absolute Gasteiger partial charge is 0.178 e. The normalized spacial score (nSPS) is 16.7. The topological polar surface area (TPSA) is 21.3 Å². The minimum atomic E-state index is -0.284. The van der Waals surface area contributed by atoms with E-state index in [0.29, 0.717) is 5.75 Å². The molecular formula is C12H16FNO. The highest BCUT2D eigenvalue weighted by Crippen LogP contribution is 2.31. The molecule has 2 nitrogen and oxygen atoms in total. The molecule has 1 aliphatic rings. The van der Waals surface area contributed by atoms with Crippen molar-refractivity contribution in [2.24, 2.45) is 0 Å². The highest BCUT2D eigenvalue weighted by atomic mass is 19.1. The summed E-state index contributed by atoms with van der Waals surface area (Å²) >= 11 is 0. The average molecular weight is 209 g/mol. The molecule has 0 aliphatic heterocycles. The fourth-order valence-corrected chi connectivity index (χ4v) is 2.00. The Bertz CT molecular complexity index is 334. The van der Waals surface area contributed by atoms with Gasteiger partial charge in [0.2, 0.25) is 0 Å². The lowest BCUT2D eigenvalue weighted by Gasteiger charge is -2.16. The number of ether oxygens (including phenoxy) is 1. The van der Waals surface area contributed by atoms with E-state index in [1.54, 1.807) is 13.1 Å². The molecule has 0 aromatic heterocycles. The van der Waals surface area contributed by atoms with Gasteiger partial charge < -0.3 is 10.1 Å². The van der Waals surface area contributed by atoms with Gasteiger partial charge in [0.1, 0.15) is 0 Å². The predicted octanol–water partition coefficient (Wildman–Crippen LogP) is 3.19. The van der Waals surface area contributed by atoms with Gasteiger partial charge in [-0.25, -0.2) is 4.39 Å². The van der Waals surface area contributed by atoms with Gasteiger partial charge in [0, 0.05) is 7.05 Å². The molecule has 0 heterocycles. The van der Waals surface area contributed by atoms with Crippen LogP contribution in [0.25, 0.3) is 0 Å². The maximum Gasteiger partial charge on any atom is 0.178 e. The van der Waals surface area contributed by atoms with Crippen molar-refractivity contribution in [1.82, 2.24) is 0 Å². The van der Waals surface area contributed by atoms with E-state index in [2.05, 4.69) is 5.32 Å². The predicted molar refractivity (Wildman–Crippen MR) is 58.8 cm³/mol. The molecule has 0 unspecified atom stereocenters. The second-order valence-electron chi connectivity index (χ2n) is 3.89. The lowest BCUT2D eigenvalue weighted by molar-refractivity contribution is 0.202. The first kappa shape index (κ1) is 10.3. The van der Waals surface area contributed by atoms with Gasteiger partial charge >= 0.3 is 0 Å². The van der Waals surface area contributed by atoms with Crippen LogP contribution in [0.15, 0.2) is 18.2 Å².